The van der Waals surface area contributed by atoms with Gasteiger partial charge in [0.1, 0.15) is 18.1 Å². The molecule has 0 radical (unpaired) electrons. The second-order valence-electron chi connectivity index (χ2n) is 7.64. The zero-order valence-corrected chi connectivity index (χ0v) is 16.9. The van der Waals surface area contributed by atoms with E-state index in [9.17, 15) is 5.11 Å². The first-order chi connectivity index (χ1) is 14.1. The average Bonchev–Trinajstić information content (AvgIpc) is 3.31. The van der Waals surface area contributed by atoms with E-state index in [2.05, 4.69) is 22.1 Å². The molecule has 1 N–H and O–H groups in total. The maximum absolute atomic E-state index is 10.7. The number of aromatic nitrogens is 2. The predicted octanol–water partition coefficient (Wildman–Crippen LogP) is 3.43. The van der Waals surface area contributed by atoms with Gasteiger partial charge in [0.25, 0.3) is 0 Å². The van der Waals surface area contributed by atoms with Crippen LogP contribution in [0.4, 0.5) is 0 Å². The minimum atomic E-state index is -0.541. The number of aliphatic hydroxyl groups is 1. The lowest BCUT2D eigenvalue weighted by Crippen LogP contribution is -2.36. The summed E-state index contributed by atoms with van der Waals surface area (Å²) in [6.45, 7) is 6.83. The normalized spacial score (nSPS) is 14.4. The Balaban J connectivity index is 1.46. The lowest BCUT2D eigenvalue weighted by molar-refractivity contribution is 0.0910. The molecule has 4 rings (SSSR count). The van der Waals surface area contributed by atoms with Gasteiger partial charge in [0.2, 0.25) is 0 Å². The second kappa shape index (κ2) is 8.68. The van der Waals surface area contributed by atoms with Crippen molar-refractivity contribution in [1.82, 2.24) is 14.7 Å². The molecule has 0 fully saturated rings. The maximum Gasteiger partial charge on any atom is 0.127 e. The van der Waals surface area contributed by atoms with Crippen molar-refractivity contribution >= 4 is 6.08 Å². The van der Waals surface area contributed by atoms with E-state index >= 15 is 0 Å². The monoisotopic (exact) mass is 393 g/mol. The third-order valence-corrected chi connectivity index (χ3v) is 5.03. The summed E-state index contributed by atoms with van der Waals surface area (Å²) >= 11 is 0. The highest BCUT2D eigenvalue weighted by Gasteiger charge is 2.19. The van der Waals surface area contributed by atoms with E-state index in [0.29, 0.717) is 32.8 Å². The summed E-state index contributed by atoms with van der Waals surface area (Å²) in [5.74, 6) is 1.79. The molecule has 3 aromatic rings. The molecule has 29 heavy (non-hydrogen) atoms. The number of fused-ring (bicyclic) bond motifs is 1. The Morgan fingerprint density at radius 3 is 2.79 bits per heavy atom. The fraction of sp³-hybridized carbons (Fsp3) is 0.348. The molecule has 1 aliphatic heterocycles. The Morgan fingerprint density at radius 2 is 2.03 bits per heavy atom. The van der Waals surface area contributed by atoms with Crippen molar-refractivity contribution < 1.29 is 14.3 Å². The van der Waals surface area contributed by atoms with Crippen LogP contribution in [-0.2, 0) is 13.1 Å². The van der Waals surface area contributed by atoms with E-state index in [-0.39, 0.29) is 0 Å². The van der Waals surface area contributed by atoms with Crippen LogP contribution < -0.4 is 4.74 Å². The molecule has 6 heteroatoms. The minimum absolute atomic E-state index is 0.465. The Bertz CT molecular complexity index is 975. The average molecular weight is 393 g/mol. The van der Waals surface area contributed by atoms with E-state index in [0.717, 1.165) is 28.5 Å². The summed E-state index contributed by atoms with van der Waals surface area (Å²) < 4.78 is 13.3. The second-order valence-corrected chi connectivity index (χ2v) is 7.64. The molecule has 3 heterocycles. The minimum Gasteiger partial charge on any atom is -0.489 e. The molecule has 6 nitrogen and oxygen atoms in total. The smallest absolute Gasteiger partial charge is 0.127 e. The third-order valence-electron chi connectivity index (χ3n) is 5.03. The molecule has 0 amide bonds. The zero-order valence-electron chi connectivity index (χ0n) is 16.9. The molecule has 1 atom stereocenters. The van der Waals surface area contributed by atoms with Gasteiger partial charge in [-0.1, -0.05) is 18.2 Å². The molecule has 1 unspecified atom stereocenters. The number of aryl methyl sites for hydroxylation is 2. The molecular weight excluding hydrogens is 366 g/mol. The molecule has 1 aliphatic rings. The fourth-order valence-electron chi connectivity index (χ4n) is 3.76. The largest absolute Gasteiger partial charge is 0.489 e. The van der Waals surface area contributed by atoms with Crippen molar-refractivity contribution in [3.8, 4) is 5.75 Å². The lowest BCUT2D eigenvalue weighted by Gasteiger charge is -2.27. The Hall–Kier alpha value is -2.83. The number of hydrogen-bond donors (Lipinski definition) is 1. The summed E-state index contributed by atoms with van der Waals surface area (Å²) in [5, 5.41) is 15.2. The summed E-state index contributed by atoms with van der Waals surface area (Å²) in [4.78, 5) is 2.19. The first-order valence-corrected chi connectivity index (χ1v) is 9.92. The summed E-state index contributed by atoms with van der Waals surface area (Å²) in [6.07, 6.45) is 3.32. The van der Waals surface area contributed by atoms with Crippen LogP contribution >= 0.6 is 0 Å². The van der Waals surface area contributed by atoms with Crippen molar-refractivity contribution in [2.75, 3.05) is 19.7 Å². The number of furan rings is 1. The fourth-order valence-corrected chi connectivity index (χ4v) is 3.76. The number of rotatable bonds is 8. The predicted molar refractivity (Wildman–Crippen MR) is 112 cm³/mol. The third kappa shape index (κ3) is 4.96. The van der Waals surface area contributed by atoms with E-state index in [1.165, 1.54) is 5.57 Å². The van der Waals surface area contributed by atoms with Gasteiger partial charge in [-0.05, 0) is 49.8 Å². The van der Waals surface area contributed by atoms with Gasteiger partial charge in [-0.15, -0.1) is 0 Å². The van der Waals surface area contributed by atoms with Crippen LogP contribution in [0.1, 0.15) is 22.7 Å². The molecule has 0 aliphatic carbocycles. The van der Waals surface area contributed by atoms with E-state index in [1.807, 2.05) is 54.9 Å². The highest BCUT2D eigenvalue weighted by molar-refractivity contribution is 5.62. The van der Waals surface area contributed by atoms with Crippen LogP contribution in [0.15, 0.2) is 58.7 Å². The van der Waals surface area contributed by atoms with Gasteiger partial charge in [0.15, 0.2) is 0 Å². The van der Waals surface area contributed by atoms with Crippen LogP contribution in [0.2, 0.25) is 0 Å². The number of nitrogens with zero attached hydrogens (tertiary/aromatic N) is 3. The number of hydrogen-bond acceptors (Lipinski definition) is 5. The van der Waals surface area contributed by atoms with Gasteiger partial charge in [0.05, 0.1) is 31.2 Å². The van der Waals surface area contributed by atoms with Crippen LogP contribution in [-0.4, -0.2) is 45.6 Å². The van der Waals surface area contributed by atoms with Gasteiger partial charge < -0.3 is 14.3 Å². The van der Waals surface area contributed by atoms with Crippen molar-refractivity contribution in [2.45, 2.75) is 33.0 Å². The van der Waals surface area contributed by atoms with E-state index in [4.69, 9.17) is 9.15 Å². The zero-order chi connectivity index (χ0) is 20.2. The van der Waals surface area contributed by atoms with Crippen molar-refractivity contribution in [3.05, 3.63) is 77.0 Å². The molecule has 2 aromatic heterocycles. The maximum atomic E-state index is 10.7. The van der Waals surface area contributed by atoms with Gasteiger partial charge in [-0.2, -0.15) is 5.10 Å². The first-order valence-electron chi connectivity index (χ1n) is 9.92. The molecule has 0 spiro atoms. The van der Waals surface area contributed by atoms with Crippen molar-refractivity contribution in [1.29, 1.82) is 0 Å². The Kier molecular flexibility index (Phi) is 5.83. The Morgan fingerprint density at radius 1 is 1.17 bits per heavy atom. The molecule has 0 saturated heterocycles. The highest BCUT2D eigenvalue weighted by atomic mass is 16.5. The van der Waals surface area contributed by atoms with Crippen LogP contribution in [0.25, 0.3) is 6.08 Å². The summed E-state index contributed by atoms with van der Waals surface area (Å²) in [5.41, 5.74) is 4.29. The quantitative estimate of drug-likeness (QED) is 0.635. The standard InChI is InChI=1S/C23H27N3O3/c1-17-10-18(2)26(24-17)14-21(27)13-25(15-22-7-5-9-28-22)12-19-11-20-6-3-4-8-23(20)29-16-19/h3-11,21,27H,12-16H2,1-2H3. The molecular formula is C23H27N3O3. The number of para-hydroxylation sites is 1. The highest BCUT2D eigenvalue weighted by Crippen LogP contribution is 2.26. The molecule has 152 valence electrons. The topological polar surface area (TPSA) is 63.7 Å². The SMILES string of the molecule is Cc1cc(C)n(CC(O)CN(CC2=Cc3ccccc3OC2)Cc2ccco2)n1. The first kappa shape index (κ1) is 19.5. The number of benzene rings is 1. The Labute approximate surface area is 171 Å². The van der Waals surface area contributed by atoms with Crippen molar-refractivity contribution in [3.63, 3.8) is 0 Å². The molecule has 1 aromatic carbocycles. The molecule has 0 saturated carbocycles. The van der Waals surface area contributed by atoms with Gasteiger partial charge in [-0.3, -0.25) is 9.58 Å². The van der Waals surface area contributed by atoms with E-state index in [1.54, 1.807) is 6.26 Å². The van der Waals surface area contributed by atoms with E-state index < -0.39 is 6.10 Å². The lowest BCUT2D eigenvalue weighted by atomic mass is 10.1. The summed E-state index contributed by atoms with van der Waals surface area (Å²) in [6, 6.07) is 13.9. The van der Waals surface area contributed by atoms with Crippen molar-refractivity contribution in [2.24, 2.45) is 0 Å². The number of ether oxygens (including phenoxy) is 1. The summed E-state index contributed by atoms with van der Waals surface area (Å²) in [7, 11) is 0. The van der Waals surface area contributed by atoms with Gasteiger partial charge in [-0.25, -0.2) is 0 Å². The van der Waals surface area contributed by atoms with Crippen LogP contribution in [0, 0.1) is 13.8 Å². The van der Waals surface area contributed by atoms with Gasteiger partial charge >= 0.3 is 0 Å². The van der Waals surface area contributed by atoms with Crippen LogP contribution in [0.3, 0.4) is 0 Å². The van der Waals surface area contributed by atoms with Gasteiger partial charge in [0, 0.05) is 24.3 Å². The van der Waals surface area contributed by atoms with Crippen LogP contribution in [0.5, 0.6) is 5.75 Å². The number of aliphatic hydroxyl groups excluding tert-OH is 1. The molecule has 0 bridgehead atoms.